The Morgan fingerprint density at radius 3 is 2.90 bits per heavy atom. The highest BCUT2D eigenvalue weighted by molar-refractivity contribution is 5.01. The maximum atomic E-state index is 10.3. The Labute approximate surface area is 128 Å². The van der Waals surface area contributed by atoms with Gasteiger partial charge in [0.05, 0.1) is 18.1 Å². The lowest BCUT2D eigenvalue weighted by Crippen LogP contribution is -2.46. The van der Waals surface area contributed by atoms with Crippen molar-refractivity contribution >= 4 is 0 Å². The molecule has 1 aromatic rings. The lowest BCUT2D eigenvalue weighted by Gasteiger charge is -2.40. The van der Waals surface area contributed by atoms with Crippen molar-refractivity contribution in [2.45, 2.75) is 77.1 Å². The molecular weight excluding hydrogens is 262 g/mol. The number of nitrogens with zero attached hydrogens (tertiary/aromatic N) is 3. The van der Waals surface area contributed by atoms with Gasteiger partial charge in [-0.05, 0) is 38.6 Å². The van der Waals surface area contributed by atoms with E-state index in [9.17, 15) is 5.11 Å². The molecule has 0 radical (unpaired) electrons. The Morgan fingerprint density at radius 1 is 1.24 bits per heavy atom. The summed E-state index contributed by atoms with van der Waals surface area (Å²) in [6.45, 7) is 5.43. The highest BCUT2D eigenvalue weighted by Gasteiger charge is 2.37. The van der Waals surface area contributed by atoms with Crippen molar-refractivity contribution < 1.29 is 5.11 Å². The van der Waals surface area contributed by atoms with E-state index in [-0.39, 0.29) is 6.10 Å². The molecule has 3 rings (SSSR count). The number of rotatable bonds is 5. The minimum Gasteiger partial charge on any atom is -0.393 e. The predicted molar refractivity (Wildman–Crippen MR) is 83.9 cm³/mol. The molecule has 0 spiro atoms. The van der Waals surface area contributed by atoms with E-state index in [1.807, 2.05) is 12.5 Å². The first kappa shape index (κ1) is 15.0. The molecule has 2 heterocycles. The second-order valence-electron chi connectivity index (χ2n) is 6.77. The van der Waals surface area contributed by atoms with Gasteiger partial charge in [0.2, 0.25) is 0 Å². The number of piperidine rings is 1. The molecule has 2 fully saturated rings. The van der Waals surface area contributed by atoms with E-state index in [0.717, 1.165) is 25.9 Å². The monoisotopic (exact) mass is 291 g/mol. The zero-order valence-corrected chi connectivity index (χ0v) is 13.2. The van der Waals surface area contributed by atoms with Crippen molar-refractivity contribution in [2.75, 3.05) is 6.54 Å². The second-order valence-corrected chi connectivity index (χ2v) is 6.77. The molecule has 3 atom stereocenters. The van der Waals surface area contributed by atoms with Gasteiger partial charge in [0, 0.05) is 31.2 Å². The number of aliphatic hydroxyl groups is 1. The SMILES string of the molecule is CCCn1cncc1CN1CCCCC1C1CCCC1O. The van der Waals surface area contributed by atoms with E-state index < -0.39 is 0 Å². The molecule has 0 amide bonds. The van der Waals surface area contributed by atoms with Gasteiger partial charge < -0.3 is 9.67 Å². The molecule has 1 aliphatic carbocycles. The van der Waals surface area contributed by atoms with Gasteiger partial charge in [0.1, 0.15) is 0 Å². The minimum atomic E-state index is -0.0730. The van der Waals surface area contributed by atoms with Gasteiger partial charge in [0.15, 0.2) is 0 Å². The molecular formula is C17H29N3O. The van der Waals surface area contributed by atoms with Crippen LogP contribution in [0.2, 0.25) is 0 Å². The average Bonchev–Trinajstić information content (AvgIpc) is 3.10. The summed E-state index contributed by atoms with van der Waals surface area (Å²) < 4.78 is 2.29. The Morgan fingerprint density at radius 2 is 2.14 bits per heavy atom. The van der Waals surface area contributed by atoms with Gasteiger partial charge in [-0.1, -0.05) is 19.8 Å². The molecule has 1 saturated heterocycles. The summed E-state index contributed by atoms with van der Waals surface area (Å²) in [6, 6.07) is 0.571. The van der Waals surface area contributed by atoms with Crippen LogP contribution >= 0.6 is 0 Å². The van der Waals surface area contributed by atoms with Gasteiger partial charge in [-0.25, -0.2) is 4.98 Å². The van der Waals surface area contributed by atoms with Crippen LogP contribution in [-0.2, 0) is 13.1 Å². The normalized spacial score (nSPS) is 30.9. The first-order valence-corrected chi connectivity index (χ1v) is 8.70. The van der Waals surface area contributed by atoms with Crippen molar-refractivity contribution in [1.82, 2.24) is 14.5 Å². The molecule has 1 aromatic heterocycles. The number of hydrogen-bond donors (Lipinski definition) is 1. The molecule has 4 nitrogen and oxygen atoms in total. The average molecular weight is 291 g/mol. The summed E-state index contributed by atoms with van der Waals surface area (Å²) in [7, 11) is 0. The van der Waals surface area contributed by atoms with Crippen LogP contribution in [0.5, 0.6) is 0 Å². The quantitative estimate of drug-likeness (QED) is 0.907. The number of likely N-dealkylation sites (tertiary alicyclic amines) is 1. The van der Waals surface area contributed by atoms with Crippen LogP contribution in [-0.4, -0.2) is 38.2 Å². The lowest BCUT2D eigenvalue weighted by molar-refractivity contribution is 0.0301. The molecule has 118 valence electrons. The fraction of sp³-hybridized carbons (Fsp3) is 0.824. The zero-order chi connectivity index (χ0) is 14.7. The molecule has 1 N–H and O–H groups in total. The third-order valence-corrected chi connectivity index (χ3v) is 5.32. The maximum absolute atomic E-state index is 10.3. The topological polar surface area (TPSA) is 41.3 Å². The van der Waals surface area contributed by atoms with Crippen LogP contribution in [0.25, 0.3) is 0 Å². The molecule has 3 unspecified atom stereocenters. The summed E-state index contributed by atoms with van der Waals surface area (Å²) in [5.41, 5.74) is 1.33. The smallest absolute Gasteiger partial charge is 0.0948 e. The Balaban J connectivity index is 1.70. The van der Waals surface area contributed by atoms with Crippen LogP contribution in [0.1, 0.15) is 57.6 Å². The summed E-state index contributed by atoms with van der Waals surface area (Å²) in [4.78, 5) is 6.95. The van der Waals surface area contributed by atoms with Crippen molar-refractivity contribution in [3.05, 3.63) is 18.2 Å². The number of aromatic nitrogens is 2. The first-order valence-electron chi connectivity index (χ1n) is 8.70. The fourth-order valence-corrected chi connectivity index (χ4v) is 4.25. The van der Waals surface area contributed by atoms with Crippen molar-refractivity contribution in [1.29, 1.82) is 0 Å². The molecule has 21 heavy (non-hydrogen) atoms. The summed E-state index contributed by atoms with van der Waals surface area (Å²) in [5, 5.41) is 10.3. The highest BCUT2D eigenvalue weighted by Crippen LogP contribution is 2.35. The first-order chi connectivity index (χ1) is 10.3. The molecule has 2 aliphatic rings. The number of hydrogen-bond acceptors (Lipinski definition) is 3. The summed E-state index contributed by atoms with van der Waals surface area (Å²) >= 11 is 0. The van der Waals surface area contributed by atoms with Crippen LogP contribution < -0.4 is 0 Å². The molecule has 0 bridgehead atoms. The standard InChI is InChI=1S/C17H29N3O/c1-2-9-20-13-18-11-14(20)12-19-10-4-3-7-16(19)15-6-5-8-17(15)21/h11,13,15-17,21H,2-10,12H2,1H3. The van der Waals surface area contributed by atoms with Gasteiger partial charge in [-0.3, -0.25) is 4.90 Å². The Bertz CT molecular complexity index is 445. The van der Waals surface area contributed by atoms with Gasteiger partial charge in [0.25, 0.3) is 0 Å². The van der Waals surface area contributed by atoms with E-state index in [1.54, 1.807) is 0 Å². The van der Waals surface area contributed by atoms with E-state index >= 15 is 0 Å². The molecule has 0 aromatic carbocycles. The van der Waals surface area contributed by atoms with Crippen LogP contribution in [0, 0.1) is 5.92 Å². The summed E-state index contributed by atoms with van der Waals surface area (Å²) in [6.07, 6.45) is 12.3. The minimum absolute atomic E-state index is 0.0730. The highest BCUT2D eigenvalue weighted by atomic mass is 16.3. The van der Waals surface area contributed by atoms with Gasteiger partial charge in [-0.15, -0.1) is 0 Å². The predicted octanol–water partition coefficient (Wildman–Crippen LogP) is 2.81. The van der Waals surface area contributed by atoms with E-state index in [4.69, 9.17) is 0 Å². The van der Waals surface area contributed by atoms with Crippen molar-refractivity contribution in [2.24, 2.45) is 5.92 Å². The van der Waals surface area contributed by atoms with E-state index in [0.29, 0.717) is 12.0 Å². The van der Waals surface area contributed by atoms with Gasteiger partial charge in [-0.2, -0.15) is 0 Å². The molecule has 4 heteroatoms. The zero-order valence-electron chi connectivity index (χ0n) is 13.2. The maximum Gasteiger partial charge on any atom is 0.0948 e. The van der Waals surface area contributed by atoms with Gasteiger partial charge >= 0.3 is 0 Å². The van der Waals surface area contributed by atoms with Crippen LogP contribution in [0.4, 0.5) is 0 Å². The largest absolute Gasteiger partial charge is 0.393 e. The number of imidazole rings is 1. The number of aryl methyl sites for hydroxylation is 1. The fourth-order valence-electron chi connectivity index (χ4n) is 4.25. The number of aliphatic hydroxyl groups excluding tert-OH is 1. The third-order valence-electron chi connectivity index (χ3n) is 5.32. The van der Waals surface area contributed by atoms with Crippen LogP contribution in [0.15, 0.2) is 12.5 Å². The second kappa shape index (κ2) is 6.93. The summed E-state index contributed by atoms with van der Waals surface area (Å²) in [5.74, 6) is 0.493. The van der Waals surface area contributed by atoms with E-state index in [2.05, 4.69) is 21.4 Å². The van der Waals surface area contributed by atoms with E-state index in [1.165, 1.54) is 44.3 Å². The van der Waals surface area contributed by atoms with Crippen LogP contribution in [0.3, 0.4) is 0 Å². The van der Waals surface area contributed by atoms with Crippen molar-refractivity contribution in [3.8, 4) is 0 Å². The third kappa shape index (κ3) is 3.32. The molecule has 1 saturated carbocycles. The Hall–Kier alpha value is -0.870. The Kier molecular flexibility index (Phi) is 4.96. The lowest BCUT2D eigenvalue weighted by atomic mass is 9.87. The van der Waals surface area contributed by atoms with Crippen molar-refractivity contribution in [3.63, 3.8) is 0 Å². The molecule has 1 aliphatic heterocycles.